The van der Waals surface area contributed by atoms with E-state index in [0.29, 0.717) is 24.2 Å². The lowest BCUT2D eigenvalue weighted by Crippen LogP contribution is -2.31. The van der Waals surface area contributed by atoms with E-state index in [0.717, 1.165) is 19.3 Å². The summed E-state index contributed by atoms with van der Waals surface area (Å²) in [6.07, 6.45) is 9.83. The zero-order valence-corrected chi connectivity index (χ0v) is 18.3. The van der Waals surface area contributed by atoms with Gasteiger partial charge in [0.05, 0.1) is 6.10 Å². The van der Waals surface area contributed by atoms with Gasteiger partial charge in [-0.05, 0) is 42.9 Å². The molecule has 5 heteroatoms. The lowest BCUT2D eigenvalue weighted by atomic mass is 9.78. The molecule has 0 bridgehead atoms. The topological polar surface area (TPSA) is 66.8 Å². The Morgan fingerprint density at radius 1 is 0.840 bits per heavy atom. The van der Waals surface area contributed by atoms with Crippen LogP contribution in [0.1, 0.15) is 99.3 Å². The number of rotatable bonds is 15. The number of phosphoric ester groups is 1. The van der Waals surface area contributed by atoms with Crippen molar-refractivity contribution in [2.75, 3.05) is 0 Å². The highest BCUT2D eigenvalue weighted by Gasteiger charge is 2.33. The third-order valence-electron chi connectivity index (χ3n) is 4.92. The molecule has 0 amide bonds. The van der Waals surface area contributed by atoms with Gasteiger partial charge < -0.3 is 9.79 Å². The van der Waals surface area contributed by atoms with Crippen LogP contribution < -0.4 is 0 Å². The number of hydrogen-bond donors (Lipinski definition) is 2. The second kappa shape index (κ2) is 13.3. The van der Waals surface area contributed by atoms with E-state index in [9.17, 15) is 14.4 Å². The fraction of sp³-hybridized carbons (Fsp3) is 1.00. The predicted molar refractivity (Wildman–Crippen MR) is 106 cm³/mol. The van der Waals surface area contributed by atoms with Gasteiger partial charge in [0.25, 0.3) is 0 Å². The Balaban J connectivity index is 4.92. The standard InChI is InChI=1S/C20H43O4P/c1-7-8-9-10-11-12-13-19(18(6)14-16(2)3)20(15-17(4)5)24-25(21,22)23/h16-20H,7-15H2,1-6H3,(H2,21,22,23). The molecule has 0 aliphatic rings. The van der Waals surface area contributed by atoms with Gasteiger partial charge >= 0.3 is 7.82 Å². The zero-order chi connectivity index (χ0) is 19.5. The van der Waals surface area contributed by atoms with Crippen LogP contribution in [0.3, 0.4) is 0 Å². The van der Waals surface area contributed by atoms with E-state index in [2.05, 4.69) is 41.5 Å². The fourth-order valence-electron chi connectivity index (χ4n) is 3.85. The van der Waals surface area contributed by atoms with Gasteiger partial charge in [-0.25, -0.2) is 4.57 Å². The minimum atomic E-state index is -4.46. The SMILES string of the molecule is CCCCCCCCC(C(C)CC(C)C)C(CC(C)C)OP(=O)(O)O. The van der Waals surface area contributed by atoms with Crippen molar-refractivity contribution in [2.45, 2.75) is 105 Å². The molecule has 0 saturated carbocycles. The van der Waals surface area contributed by atoms with Gasteiger partial charge in [0, 0.05) is 0 Å². The highest BCUT2D eigenvalue weighted by atomic mass is 31.2. The Morgan fingerprint density at radius 3 is 1.84 bits per heavy atom. The van der Waals surface area contributed by atoms with Crippen molar-refractivity contribution in [3.05, 3.63) is 0 Å². The summed E-state index contributed by atoms with van der Waals surface area (Å²) in [5.74, 6) is 1.56. The molecular formula is C20H43O4P. The molecule has 0 aliphatic heterocycles. The van der Waals surface area contributed by atoms with Crippen LogP contribution >= 0.6 is 7.82 Å². The Kier molecular flexibility index (Phi) is 13.4. The molecule has 3 unspecified atom stereocenters. The average molecular weight is 379 g/mol. The molecule has 0 spiro atoms. The van der Waals surface area contributed by atoms with Crippen molar-refractivity contribution in [2.24, 2.45) is 23.7 Å². The van der Waals surface area contributed by atoms with Crippen molar-refractivity contribution >= 4 is 7.82 Å². The smallest absolute Gasteiger partial charge is 0.303 e. The summed E-state index contributed by atoms with van der Waals surface area (Å²) in [4.78, 5) is 18.7. The van der Waals surface area contributed by atoms with Gasteiger partial charge in [-0.3, -0.25) is 4.52 Å². The van der Waals surface area contributed by atoms with Crippen molar-refractivity contribution in [3.8, 4) is 0 Å². The molecule has 2 N–H and O–H groups in total. The molecule has 4 nitrogen and oxygen atoms in total. The second-order valence-corrected chi connectivity index (χ2v) is 9.78. The highest BCUT2D eigenvalue weighted by molar-refractivity contribution is 7.46. The lowest BCUT2D eigenvalue weighted by Gasteiger charge is -2.34. The summed E-state index contributed by atoms with van der Waals surface area (Å²) in [6.45, 7) is 13.0. The maximum atomic E-state index is 11.5. The third kappa shape index (κ3) is 13.9. The maximum absolute atomic E-state index is 11.5. The molecule has 0 radical (unpaired) electrons. The predicted octanol–water partition coefficient (Wildman–Crippen LogP) is 6.56. The summed E-state index contributed by atoms with van der Waals surface area (Å²) in [5, 5.41) is 0. The first-order valence-corrected chi connectivity index (χ1v) is 11.8. The van der Waals surface area contributed by atoms with E-state index in [-0.39, 0.29) is 12.0 Å². The Bertz CT molecular complexity index is 365. The monoisotopic (exact) mass is 378 g/mol. The van der Waals surface area contributed by atoms with Crippen LogP contribution in [0.4, 0.5) is 0 Å². The number of hydrogen-bond acceptors (Lipinski definition) is 2. The summed E-state index contributed by atoms with van der Waals surface area (Å²) < 4.78 is 16.8. The van der Waals surface area contributed by atoms with Crippen LogP contribution in [-0.2, 0) is 9.09 Å². The average Bonchev–Trinajstić information content (AvgIpc) is 2.42. The molecule has 0 aromatic heterocycles. The number of unbranched alkanes of at least 4 members (excludes halogenated alkanes) is 5. The summed E-state index contributed by atoms with van der Waals surface area (Å²) >= 11 is 0. The quantitative estimate of drug-likeness (QED) is 0.250. The van der Waals surface area contributed by atoms with Crippen LogP contribution in [0.5, 0.6) is 0 Å². The van der Waals surface area contributed by atoms with Crippen LogP contribution in [-0.4, -0.2) is 15.9 Å². The van der Waals surface area contributed by atoms with E-state index in [4.69, 9.17) is 4.52 Å². The first-order valence-electron chi connectivity index (χ1n) is 10.3. The molecule has 0 aromatic rings. The largest absolute Gasteiger partial charge is 0.469 e. The van der Waals surface area contributed by atoms with Gasteiger partial charge in [-0.2, -0.15) is 0 Å². The molecule has 0 saturated heterocycles. The van der Waals surface area contributed by atoms with Gasteiger partial charge in [0.1, 0.15) is 0 Å². The minimum Gasteiger partial charge on any atom is -0.303 e. The number of phosphoric acid groups is 1. The molecule has 0 heterocycles. The molecule has 0 aliphatic carbocycles. The second-order valence-electron chi connectivity index (χ2n) is 8.59. The molecule has 0 fully saturated rings. The van der Waals surface area contributed by atoms with E-state index in [1.807, 2.05) is 0 Å². The van der Waals surface area contributed by atoms with Crippen molar-refractivity contribution in [1.29, 1.82) is 0 Å². The Morgan fingerprint density at radius 2 is 1.36 bits per heavy atom. The van der Waals surface area contributed by atoms with Crippen LogP contribution in [0.15, 0.2) is 0 Å². The van der Waals surface area contributed by atoms with Gasteiger partial charge in [0.2, 0.25) is 0 Å². The van der Waals surface area contributed by atoms with E-state index < -0.39 is 7.82 Å². The molecule has 3 atom stereocenters. The summed E-state index contributed by atoms with van der Waals surface area (Å²) in [5.41, 5.74) is 0. The normalized spacial score (nSPS) is 16.4. The zero-order valence-electron chi connectivity index (χ0n) is 17.4. The molecule has 25 heavy (non-hydrogen) atoms. The van der Waals surface area contributed by atoms with Gasteiger partial charge in [-0.15, -0.1) is 0 Å². The summed E-state index contributed by atoms with van der Waals surface area (Å²) in [6, 6.07) is 0. The Labute approximate surface area is 156 Å². The Hall–Kier alpha value is 0.110. The van der Waals surface area contributed by atoms with Crippen molar-refractivity contribution < 1.29 is 18.9 Å². The third-order valence-corrected chi connectivity index (χ3v) is 5.46. The van der Waals surface area contributed by atoms with Crippen LogP contribution in [0.25, 0.3) is 0 Å². The highest BCUT2D eigenvalue weighted by Crippen LogP contribution is 2.43. The lowest BCUT2D eigenvalue weighted by molar-refractivity contribution is 0.0405. The van der Waals surface area contributed by atoms with E-state index in [1.165, 1.54) is 32.1 Å². The van der Waals surface area contributed by atoms with Gasteiger partial charge in [-0.1, -0.05) is 80.1 Å². The van der Waals surface area contributed by atoms with Crippen molar-refractivity contribution in [3.63, 3.8) is 0 Å². The molecule has 0 rings (SSSR count). The van der Waals surface area contributed by atoms with Gasteiger partial charge in [0.15, 0.2) is 0 Å². The first-order chi connectivity index (χ1) is 11.6. The first kappa shape index (κ1) is 25.1. The van der Waals surface area contributed by atoms with Crippen LogP contribution in [0, 0.1) is 23.7 Å². The summed E-state index contributed by atoms with van der Waals surface area (Å²) in [7, 11) is -4.46. The minimum absolute atomic E-state index is 0.212. The molecule has 152 valence electrons. The van der Waals surface area contributed by atoms with Crippen molar-refractivity contribution in [1.82, 2.24) is 0 Å². The molecular weight excluding hydrogens is 335 g/mol. The van der Waals surface area contributed by atoms with E-state index >= 15 is 0 Å². The maximum Gasteiger partial charge on any atom is 0.469 e. The fourth-order valence-corrected chi connectivity index (χ4v) is 4.45. The van der Waals surface area contributed by atoms with E-state index in [1.54, 1.807) is 0 Å². The van der Waals surface area contributed by atoms with Crippen LogP contribution in [0.2, 0.25) is 0 Å². The molecule has 0 aromatic carbocycles.